The largest absolute Gasteiger partial charge is 0.465 e. The maximum Gasteiger partial charge on any atom is 0.338 e. The number of rotatable bonds is 6. The zero-order valence-electron chi connectivity index (χ0n) is 21.9. The van der Waals surface area contributed by atoms with E-state index in [4.69, 9.17) is 13.9 Å². The monoisotopic (exact) mass is 542 g/mol. The van der Waals surface area contributed by atoms with Crippen LogP contribution in [-0.2, 0) is 14.3 Å². The molecule has 0 radical (unpaired) electrons. The quantitative estimate of drug-likeness (QED) is 0.340. The number of thiazole rings is 1. The van der Waals surface area contributed by atoms with Crippen molar-refractivity contribution in [3.8, 4) is 11.3 Å². The van der Waals surface area contributed by atoms with E-state index in [1.807, 2.05) is 31.2 Å². The normalized spacial score (nSPS) is 15.1. The lowest BCUT2D eigenvalue weighted by Gasteiger charge is -2.24. The average molecular weight is 543 g/mol. The van der Waals surface area contributed by atoms with Gasteiger partial charge in [-0.1, -0.05) is 53.3 Å². The van der Waals surface area contributed by atoms with Crippen LogP contribution < -0.4 is 14.9 Å². The molecule has 1 aliphatic heterocycles. The molecular formula is C30H26N2O6S. The lowest BCUT2D eigenvalue weighted by Crippen LogP contribution is -2.39. The fraction of sp³-hybridized carbons (Fsp3) is 0.200. The topological polar surface area (TPSA) is 100 Å². The zero-order valence-corrected chi connectivity index (χ0v) is 22.7. The summed E-state index contributed by atoms with van der Waals surface area (Å²) < 4.78 is 18.1. The molecule has 5 rings (SSSR count). The Bertz CT molecular complexity index is 1770. The van der Waals surface area contributed by atoms with E-state index in [0.717, 1.165) is 16.7 Å². The number of hydrogen-bond acceptors (Lipinski definition) is 8. The third kappa shape index (κ3) is 5.00. The Morgan fingerprint density at radius 3 is 2.41 bits per heavy atom. The van der Waals surface area contributed by atoms with Gasteiger partial charge in [0.2, 0.25) is 0 Å². The first kappa shape index (κ1) is 26.1. The van der Waals surface area contributed by atoms with Crippen LogP contribution in [0.15, 0.2) is 86.1 Å². The SMILES string of the molecule is CCOC(=O)C1=C(C)N=c2s/c(=C\c3ccc(-c4ccc(C(=O)OC)cc4)o3)c(=O)n2[C@H]1c1ccc(C)cc1. The van der Waals surface area contributed by atoms with E-state index in [1.165, 1.54) is 18.4 Å². The number of esters is 2. The van der Waals surface area contributed by atoms with Crippen molar-refractivity contribution < 1.29 is 23.5 Å². The minimum absolute atomic E-state index is 0.215. The van der Waals surface area contributed by atoms with Crippen LogP contribution in [0.2, 0.25) is 0 Å². The molecule has 0 saturated carbocycles. The Morgan fingerprint density at radius 2 is 1.74 bits per heavy atom. The first-order chi connectivity index (χ1) is 18.8. The summed E-state index contributed by atoms with van der Waals surface area (Å²) in [5, 5.41) is 0. The molecule has 0 unspecified atom stereocenters. The van der Waals surface area contributed by atoms with Crippen molar-refractivity contribution in [3.05, 3.63) is 114 Å². The number of carbonyl (C=O) groups excluding carboxylic acids is 2. The molecule has 0 saturated heterocycles. The molecular weight excluding hydrogens is 516 g/mol. The molecule has 3 heterocycles. The van der Waals surface area contributed by atoms with Crippen molar-refractivity contribution in [3.63, 3.8) is 0 Å². The van der Waals surface area contributed by atoms with Crippen LogP contribution in [0.5, 0.6) is 0 Å². The second-order valence-corrected chi connectivity index (χ2v) is 9.99. The van der Waals surface area contributed by atoms with Crippen LogP contribution in [-0.4, -0.2) is 30.2 Å². The first-order valence-electron chi connectivity index (χ1n) is 12.4. The molecule has 0 spiro atoms. The van der Waals surface area contributed by atoms with Gasteiger partial charge in [-0.2, -0.15) is 0 Å². The number of carbonyl (C=O) groups is 2. The summed E-state index contributed by atoms with van der Waals surface area (Å²) in [7, 11) is 1.33. The number of aromatic nitrogens is 1. The highest BCUT2D eigenvalue weighted by molar-refractivity contribution is 7.07. The van der Waals surface area contributed by atoms with Crippen LogP contribution in [0.3, 0.4) is 0 Å². The number of nitrogens with zero attached hydrogens (tertiary/aromatic N) is 2. The Balaban J connectivity index is 1.57. The number of hydrogen-bond donors (Lipinski definition) is 0. The van der Waals surface area contributed by atoms with Crippen molar-refractivity contribution in [1.82, 2.24) is 4.57 Å². The van der Waals surface area contributed by atoms with E-state index >= 15 is 0 Å². The Hall–Kier alpha value is -4.50. The summed E-state index contributed by atoms with van der Waals surface area (Å²) in [5.41, 5.74) is 3.66. The van der Waals surface area contributed by atoms with Gasteiger partial charge in [-0.3, -0.25) is 9.36 Å². The van der Waals surface area contributed by atoms with Crippen LogP contribution in [0.25, 0.3) is 17.4 Å². The number of methoxy groups -OCH3 is 1. The van der Waals surface area contributed by atoms with Gasteiger partial charge in [0.15, 0.2) is 4.80 Å². The molecule has 1 aliphatic rings. The van der Waals surface area contributed by atoms with Gasteiger partial charge in [-0.25, -0.2) is 14.6 Å². The van der Waals surface area contributed by atoms with Crippen LogP contribution in [0, 0.1) is 6.92 Å². The molecule has 8 nitrogen and oxygen atoms in total. The van der Waals surface area contributed by atoms with Gasteiger partial charge in [0, 0.05) is 11.6 Å². The third-order valence-electron chi connectivity index (χ3n) is 6.40. The Kier molecular flexibility index (Phi) is 7.17. The summed E-state index contributed by atoms with van der Waals surface area (Å²) in [6.45, 7) is 5.70. The van der Waals surface area contributed by atoms with Gasteiger partial charge in [-0.05, 0) is 50.6 Å². The predicted octanol–water partition coefficient (Wildman–Crippen LogP) is 4.15. The molecule has 2 aromatic heterocycles. The summed E-state index contributed by atoms with van der Waals surface area (Å²) in [4.78, 5) is 43.5. The molecule has 9 heteroatoms. The highest BCUT2D eigenvalue weighted by atomic mass is 32.1. The van der Waals surface area contributed by atoms with Crippen LogP contribution in [0.4, 0.5) is 0 Å². The van der Waals surface area contributed by atoms with Gasteiger partial charge >= 0.3 is 11.9 Å². The maximum absolute atomic E-state index is 13.7. The molecule has 0 N–H and O–H groups in total. The van der Waals surface area contributed by atoms with E-state index in [1.54, 1.807) is 60.9 Å². The smallest absolute Gasteiger partial charge is 0.338 e. The lowest BCUT2D eigenvalue weighted by atomic mass is 9.95. The number of allylic oxidation sites excluding steroid dienone is 1. The highest BCUT2D eigenvalue weighted by Gasteiger charge is 2.33. The van der Waals surface area contributed by atoms with Gasteiger partial charge < -0.3 is 13.9 Å². The predicted molar refractivity (Wildman–Crippen MR) is 147 cm³/mol. The van der Waals surface area contributed by atoms with Gasteiger partial charge in [-0.15, -0.1) is 0 Å². The number of furan rings is 1. The van der Waals surface area contributed by atoms with E-state index < -0.39 is 18.0 Å². The molecule has 4 aromatic rings. The van der Waals surface area contributed by atoms with E-state index in [9.17, 15) is 14.4 Å². The van der Waals surface area contributed by atoms with Crippen LogP contribution >= 0.6 is 11.3 Å². The minimum atomic E-state index is -0.663. The maximum atomic E-state index is 13.7. The lowest BCUT2D eigenvalue weighted by molar-refractivity contribution is -0.139. The molecule has 39 heavy (non-hydrogen) atoms. The number of fused-ring (bicyclic) bond motifs is 1. The average Bonchev–Trinajstić information content (AvgIpc) is 3.52. The fourth-order valence-electron chi connectivity index (χ4n) is 4.46. The summed E-state index contributed by atoms with van der Waals surface area (Å²) in [5.74, 6) is 0.166. The van der Waals surface area contributed by atoms with E-state index in [-0.39, 0.29) is 12.2 Å². The van der Waals surface area contributed by atoms with Gasteiger partial charge in [0.05, 0.1) is 41.1 Å². The van der Waals surface area contributed by atoms with Gasteiger partial charge in [0.25, 0.3) is 5.56 Å². The van der Waals surface area contributed by atoms with Crippen molar-refractivity contribution in [2.24, 2.45) is 4.99 Å². The van der Waals surface area contributed by atoms with Crippen LogP contribution in [0.1, 0.15) is 47.1 Å². The van der Waals surface area contributed by atoms with Crippen molar-refractivity contribution >= 4 is 29.4 Å². The van der Waals surface area contributed by atoms with Crippen molar-refractivity contribution in [2.75, 3.05) is 13.7 Å². The van der Waals surface area contributed by atoms with Gasteiger partial charge in [0.1, 0.15) is 11.5 Å². The minimum Gasteiger partial charge on any atom is -0.465 e. The number of aryl methyl sites for hydroxylation is 1. The second kappa shape index (κ2) is 10.7. The molecule has 2 aromatic carbocycles. The molecule has 198 valence electrons. The van der Waals surface area contributed by atoms with Crippen molar-refractivity contribution in [1.29, 1.82) is 0 Å². The second-order valence-electron chi connectivity index (χ2n) is 8.98. The van der Waals surface area contributed by atoms with Crippen molar-refractivity contribution in [2.45, 2.75) is 26.8 Å². The molecule has 0 fully saturated rings. The molecule has 0 aliphatic carbocycles. The highest BCUT2D eigenvalue weighted by Crippen LogP contribution is 2.31. The summed E-state index contributed by atoms with van der Waals surface area (Å²) in [6.07, 6.45) is 1.67. The summed E-state index contributed by atoms with van der Waals surface area (Å²) in [6, 6.07) is 17.5. The Labute approximate surface area is 228 Å². The molecule has 1 atom stereocenters. The van der Waals surface area contributed by atoms with E-state index in [0.29, 0.717) is 37.7 Å². The first-order valence-corrected chi connectivity index (χ1v) is 13.2. The number of benzene rings is 2. The zero-order chi connectivity index (χ0) is 27.7. The third-order valence-corrected chi connectivity index (χ3v) is 7.38. The molecule has 0 bridgehead atoms. The van der Waals surface area contributed by atoms with E-state index in [2.05, 4.69) is 4.99 Å². The Morgan fingerprint density at radius 1 is 1.03 bits per heavy atom. The number of ether oxygens (including phenoxy) is 2. The fourth-order valence-corrected chi connectivity index (χ4v) is 5.49. The summed E-state index contributed by atoms with van der Waals surface area (Å²) >= 11 is 1.23. The standard InChI is InChI=1S/C30H26N2O6S/c1-5-37-29(35)25-18(3)31-30-32(26(25)20-8-6-17(2)7-9-20)27(33)24(39-30)16-22-14-15-23(38-22)19-10-12-21(13-11-19)28(34)36-4/h6-16,26H,5H2,1-4H3/b24-16-/t26-/m0/s1. The molecule has 0 amide bonds.